The van der Waals surface area contributed by atoms with E-state index in [-0.39, 0.29) is 29.9 Å². The van der Waals surface area contributed by atoms with Crippen molar-refractivity contribution >= 4 is 17.5 Å². The van der Waals surface area contributed by atoms with Crippen LogP contribution in [0.4, 0.5) is 5.82 Å². The first kappa shape index (κ1) is 19.7. The number of carbonyl (C=O) groups is 2. The number of amides is 1. The number of ketones is 1. The maximum atomic E-state index is 13.2. The number of hydrogen-bond donors (Lipinski definition) is 0. The van der Waals surface area contributed by atoms with Gasteiger partial charge in [0.15, 0.2) is 0 Å². The normalized spacial score (nSPS) is 19.1. The Morgan fingerprint density at radius 1 is 1.16 bits per heavy atom. The lowest BCUT2D eigenvalue weighted by Gasteiger charge is -2.27. The number of aromatic nitrogens is 4. The molecule has 0 saturated heterocycles. The first-order valence-electron chi connectivity index (χ1n) is 11.0. The fraction of sp³-hybridized carbons (Fsp3) is 0.417. The molecule has 1 aromatic carbocycles. The van der Waals surface area contributed by atoms with Crippen molar-refractivity contribution in [3.63, 3.8) is 0 Å². The van der Waals surface area contributed by atoms with E-state index in [0.29, 0.717) is 18.9 Å². The van der Waals surface area contributed by atoms with Gasteiger partial charge in [0.05, 0.1) is 6.54 Å². The van der Waals surface area contributed by atoms with Gasteiger partial charge in [0.2, 0.25) is 17.5 Å². The number of fused-ring (bicyclic) bond motifs is 1. The number of hydrogen-bond acceptors (Lipinski definition) is 4. The van der Waals surface area contributed by atoms with Crippen LogP contribution >= 0.6 is 0 Å². The third kappa shape index (κ3) is 4.17. The van der Waals surface area contributed by atoms with E-state index in [9.17, 15) is 9.59 Å². The summed E-state index contributed by atoms with van der Waals surface area (Å²) in [7, 11) is 1.82. The molecule has 2 aliphatic rings. The Labute approximate surface area is 181 Å². The standard InChI is InChI=1S/C24H27N5O2/c1-27-22-13-20(18-9-10-18)15-28(22)11-5-8-19(24(27)31)12-21(30)23-25-16-29(26-23)14-17-6-3-2-4-7-17/h2-4,6-7,13,15-16,18-19H,5,8-12,14H2,1H3. The van der Waals surface area contributed by atoms with Gasteiger partial charge in [-0.15, -0.1) is 5.10 Å². The van der Waals surface area contributed by atoms with E-state index >= 15 is 0 Å². The first-order chi connectivity index (χ1) is 15.1. The molecule has 31 heavy (non-hydrogen) atoms. The third-order valence-corrected chi connectivity index (χ3v) is 6.32. The summed E-state index contributed by atoms with van der Waals surface area (Å²) in [6.07, 6.45) is 7.97. The number of Topliss-reactive ketones (excluding diaryl/α,β-unsaturated/α-hetero) is 1. The van der Waals surface area contributed by atoms with Gasteiger partial charge in [-0.1, -0.05) is 30.3 Å². The van der Waals surface area contributed by atoms with E-state index < -0.39 is 0 Å². The molecule has 0 spiro atoms. The van der Waals surface area contributed by atoms with Crippen molar-refractivity contribution in [2.75, 3.05) is 11.9 Å². The second kappa shape index (κ2) is 8.13. The molecule has 1 atom stereocenters. The molecule has 3 aromatic rings. The van der Waals surface area contributed by atoms with E-state index in [0.717, 1.165) is 24.3 Å². The molecule has 1 aliphatic carbocycles. The molecule has 0 radical (unpaired) electrons. The molecule has 1 saturated carbocycles. The fourth-order valence-electron chi connectivity index (χ4n) is 4.42. The number of carbonyl (C=O) groups excluding carboxylic acids is 2. The number of rotatable bonds is 6. The molecule has 0 bridgehead atoms. The van der Waals surface area contributed by atoms with Crippen LogP contribution in [0.2, 0.25) is 0 Å². The summed E-state index contributed by atoms with van der Waals surface area (Å²) >= 11 is 0. The highest BCUT2D eigenvalue weighted by atomic mass is 16.2. The van der Waals surface area contributed by atoms with Gasteiger partial charge in [-0.2, -0.15) is 0 Å². The van der Waals surface area contributed by atoms with Crippen LogP contribution in [0.1, 0.15) is 59.8 Å². The Kier molecular flexibility index (Phi) is 5.18. The van der Waals surface area contributed by atoms with Crippen molar-refractivity contribution in [1.82, 2.24) is 19.3 Å². The molecule has 160 valence electrons. The van der Waals surface area contributed by atoms with Crippen LogP contribution in [0, 0.1) is 5.92 Å². The fourth-order valence-corrected chi connectivity index (χ4v) is 4.42. The van der Waals surface area contributed by atoms with Crippen molar-refractivity contribution in [1.29, 1.82) is 0 Å². The maximum absolute atomic E-state index is 13.2. The third-order valence-electron chi connectivity index (χ3n) is 6.32. The summed E-state index contributed by atoms with van der Waals surface area (Å²) in [5, 5.41) is 4.35. The summed E-state index contributed by atoms with van der Waals surface area (Å²) in [5.74, 6) is 1.26. The quantitative estimate of drug-likeness (QED) is 0.574. The van der Waals surface area contributed by atoms with Crippen LogP contribution in [0.3, 0.4) is 0 Å². The number of nitrogens with zero attached hydrogens (tertiary/aromatic N) is 5. The molecule has 3 heterocycles. The van der Waals surface area contributed by atoms with Gasteiger partial charge in [0.1, 0.15) is 12.1 Å². The SMILES string of the molecule is CN1C(=O)C(CC(=O)c2ncn(Cc3ccccc3)n2)CCCn2cc(C3CC3)cc21. The Hall–Kier alpha value is -3.22. The molecular weight excluding hydrogens is 390 g/mol. The molecule has 1 unspecified atom stereocenters. The summed E-state index contributed by atoms with van der Waals surface area (Å²) < 4.78 is 3.86. The number of anilines is 1. The average Bonchev–Trinajstić information content (AvgIpc) is 3.38. The zero-order chi connectivity index (χ0) is 21.4. The summed E-state index contributed by atoms with van der Waals surface area (Å²) in [6.45, 7) is 1.43. The molecule has 1 aliphatic heterocycles. The predicted octanol–water partition coefficient (Wildman–Crippen LogP) is 3.65. The van der Waals surface area contributed by atoms with Crippen molar-refractivity contribution < 1.29 is 9.59 Å². The molecule has 7 nitrogen and oxygen atoms in total. The monoisotopic (exact) mass is 417 g/mol. The highest BCUT2D eigenvalue weighted by molar-refractivity contribution is 6.00. The Balaban J connectivity index is 1.27. The predicted molar refractivity (Wildman–Crippen MR) is 117 cm³/mol. The van der Waals surface area contributed by atoms with Crippen LogP contribution in [-0.4, -0.2) is 38.1 Å². The van der Waals surface area contributed by atoms with E-state index in [4.69, 9.17) is 0 Å². The van der Waals surface area contributed by atoms with Gasteiger partial charge in [-0.25, -0.2) is 9.67 Å². The number of aryl methyl sites for hydroxylation is 1. The van der Waals surface area contributed by atoms with Crippen LogP contribution in [0.25, 0.3) is 0 Å². The van der Waals surface area contributed by atoms with Crippen molar-refractivity contribution in [2.24, 2.45) is 5.92 Å². The maximum Gasteiger partial charge on any atom is 0.231 e. The van der Waals surface area contributed by atoms with Crippen LogP contribution in [0.15, 0.2) is 48.9 Å². The smallest absolute Gasteiger partial charge is 0.231 e. The van der Waals surface area contributed by atoms with Gasteiger partial charge in [-0.3, -0.25) is 9.59 Å². The lowest BCUT2D eigenvalue weighted by Crippen LogP contribution is -2.37. The molecule has 2 aromatic heterocycles. The molecular formula is C24H27N5O2. The van der Waals surface area contributed by atoms with E-state index in [1.807, 2.05) is 37.4 Å². The summed E-state index contributed by atoms with van der Waals surface area (Å²) in [4.78, 5) is 32.0. The molecule has 0 N–H and O–H groups in total. The number of benzene rings is 1. The molecule has 1 fully saturated rings. The van der Waals surface area contributed by atoms with Crippen molar-refractivity contribution in [2.45, 2.75) is 51.1 Å². The van der Waals surface area contributed by atoms with E-state index in [1.165, 1.54) is 18.4 Å². The second-order valence-corrected chi connectivity index (χ2v) is 8.71. The Morgan fingerprint density at radius 3 is 2.74 bits per heavy atom. The Morgan fingerprint density at radius 2 is 1.97 bits per heavy atom. The minimum Gasteiger partial charge on any atom is -0.334 e. The molecule has 5 rings (SSSR count). The molecule has 7 heteroatoms. The first-order valence-corrected chi connectivity index (χ1v) is 11.0. The van der Waals surface area contributed by atoms with Crippen LogP contribution in [-0.2, 0) is 17.9 Å². The van der Waals surface area contributed by atoms with E-state index in [2.05, 4.69) is 26.9 Å². The Bertz CT molecular complexity index is 1100. The van der Waals surface area contributed by atoms with Gasteiger partial charge < -0.3 is 9.47 Å². The average molecular weight is 418 g/mol. The van der Waals surface area contributed by atoms with Gasteiger partial charge in [0.25, 0.3) is 0 Å². The highest BCUT2D eigenvalue weighted by Crippen LogP contribution is 2.42. The van der Waals surface area contributed by atoms with Gasteiger partial charge >= 0.3 is 0 Å². The summed E-state index contributed by atoms with van der Waals surface area (Å²) in [6, 6.07) is 12.1. The van der Waals surface area contributed by atoms with Crippen LogP contribution < -0.4 is 4.90 Å². The minimum absolute atomic E-state index is 0.00142. The van der Waals surface area contributed by atoms with Crippen LogP contribution in [0.5, 0.6) is 0 Å². The van der Waals surface area contributed by atoms with Crippen molar-refractivity contribution in [3.8, 4) is 0 Å². The topological polar surface area (TPSA) is 73.0 Å². The zero-order valence-electron chi connectivity index (χ0n) is 17.8. The van der Waals surface area contributed by atoms with E-state index in [1.54, 1.807) is 15.9 Å². The van der Waals surface area contributed by atoms with Gasteiger partial charge in [-0.05, 0) is 48.8 Å². The second-order valence-electron chi connectivity index (χ2n) is 8.71. The zero-order valence-corrected chi connectivity index (χ0v) is 17.8. The lowest BCUT2D eigenvalue weighted by atomic mass is 9.94. The minimum atomic E-state index is -0.341. The largest absolute Gasteiger partial charge is 0.334 e. The molecule has 1 amide bonds. The van der Waals surface area contributed by atoms with Crippen molar-refractivity contribution in [3.05, 3.63) is 65.9 Å². The highest BCUT2D eigenvalue weighted by Gasteiger charge is 2.32. The summed E-state index contributed by atoms with van der Waals surface area (Å²) in [5.41, 5.74) is 2.43. The lowest BCUT2D eigenvalue weighted by molar-refractivity contribution is -0.122. The van der Waals surface area contributed by atoms with Gasteiger partial charge in [0, 0.05) is 32.1 Å².